The highest BCUT2D eigenvalue weighted by atomic mass is 15.0. The van der Waals surface area contributed by atoms with Crippen molar-refractivity contribution in [1.82, 2.24) is 9.55 Å². The fraction of sp³-hybridized carbons (Fsp3) is 0.533. The van der Waals surface area contributed by atoms with Gasteiger partial charge in [-0.05, 0) is 32.9 Å². The zero-order valence-corrected chi connectivity index (χ0v) is 11.7. The Bertz CT molecular complexity index is 536. The minimum Gasteiger partial charge on any atom is -0.342 e. The minimum absolute atomic E-state index is 0.0869. The van der Waals surface area contributed by atoms with Gasteiger partial charge in [0.05, 0.1) is 11.2 Å². The Balaban J connectivity index is 2.74. The Kier molecular flexibility index (Phi) is 2.57. The van der Waals surface area contributed by atoms with Gasteiger partial charge in [0.15, 0.2) is 0 Å². The Morgan fingerprint density at radius 1 is 1.00 bits per heavy atom. The van der Waals surface area contributed by atoms with Crippen LogP contribution in [0.3, 0.4) is 0 Å². The fourth-order valence-corrected chi connectivity index (χ4v) is 2.25. The maximum absolute atomic E-state index is 4.56. The third-order valence-electron chi connectivity index (χ3n) is 3.05. The maximum Gasteiger partial charge on any atom is 0.0550 e. The molecule has 0 N–H and O–H groups in total. The summed E-state index contributed by atoms with van der Waals surface area (Å²) in [5.41, 5.74) is 2.65. The smallest absolute Gasteiger partial charge is 0.0550 e. The molecule has 0 radical (unpaired) electrons. The van der Waals surface area contributed by atoms with Crippen LogP contribution in [0.25, 0.3) is 10.9 Å². The van der Waals surface area contributed by atoms with E-state index in [0.717, 1.165) is 0 Å². The summed E-state index contributed by atoms with van der Waals surface area (Å²) in [6.45, 7) is 13.3. The number of aromatic nitrogens is 2. The van der Waals surface area contributed by atoms with E-state index in [2.05, 4.69) is 69.4 Å². The molecule has 0 atom stereocenters. The Hall–Kier alpha value is -1.31. The third kappa shape index (κ3) is 2.08. The topological polar surface area (TPSA) is 17.8 Å². The van der Waals surface area contributed by atoms with Gasteiger partial charge in [0.2, 0.25) is 0 Å². The van der Waals surface area contributed by atoms with Crippen LogP contribution in [0, 0.1) is 0 Å². The lowest BCUT2D eigenvalue weighted by Gasteiger charge is -2.24. The second-order valence-electron chi connectivity index (χ2n) is 6.70. The normalized spacial score (nSPS) is 13.3. The molecule has 2 heteroatoms. The second-order valence-corrected chi connectivity index (χ2v) is 6.70. The van der Waals surface area contributed by atoms with Gasteiger partial charge < -0.3 is 4.57 Å². The highest BCUT2D eigenvalue weighted by molar-refractivity contribution is 5.83. The van der Waals surface area contributed by atoms with Crippen molar-refractivity contribution in [3.63, 3.8) is 0 Å². The van der Waals surface area contributed by atoms with Crippen molar-refractivity contribution >= 4 is 10.9 Å². The molecule has 0 aromatic carbocycles. The summed E-state index contributed by atoms with van der Waals surface area (Å²) in [7, 11) is 0. The van der Waals surface area contributed by atoms with Crippen LogP contribution in [0.15, 0.2) is 24.5 Å². The van der Waals surface area contributed by atoms with Gasteiger partial charge in [-0.1, -0.05) is 20.8 Å². The standard InChI is InChI=1S/C15H22N2/c1-14(2,3)13-11-8-10-17(15(4,5)6)12(11)7-9-16-13/h7-10H,1-6H3. The van der Waals surface area contributed by atoms with Crippen LogP contribution in [-0.2, 0) is 11.0 Å². The zero-order chi connectivity index (χ0) is 12.8. The highest BCUT2D eigenvalue weighted by Crippen LogP contribution is 2.31. The summed E-state index contributed by atoms with van der Waals surface area (Å²) >= 11 is 0. The molecule has 0 saturated heterocycles. The van der Waals surface area contributed by atoms with E-state index in [-0.39, 0.29) is 11.0 Å². The average molecular weight is 230 g/mol. The Morgan fingerprint density at radius 3 is 2.18 bits per heavy atom. The van der Waals surface area contributed by atoms with Gasteiger partial charge in [-0.2, -0.15) is 0 Å². The first-order chi connectivity index (χ1) is 7.71. The molecule has 2 rings (SSSR count). The lowest BCUT2D eigenvalue weighted by Crippen LogP contribution is -2.21. The quantitative estimate of drug-likeness (QED) is 0.666. The minimum atomic E-state index is 0.0869. The van der Waals surface area contributed by atoms with Crippen molar-refractivity contribution in [2.45, 2.75) is 52.5 Å². The van der Waals surface area contributed by atoms with Gasteiger partial charge in [-0.25, -0.2) is 0 Å². The van der Waals surface area contributed by atoms with E-state index in [1.807, 2.05) is 6.20 Å². The van der Waals surface area contributed by atoms with Crippen molar-refractivity contribution in [3.05, 3.63) is 30.2 Å². The average Bonchev–Trinajstić information content (AvgIpc) is 2.57. The second kappa shape index (κ2) is 3.59. The molecule has 2 aromatic rings. The van der Waals surface area contributed by atoms with E-state index in [9.17, 15) is 0 Å². The molecule has 92 valence electrons. The monoisotopic (exact) mass is 230 g/mol. The summed E-state index contributed by atoms with van der Waals surface area (Å²) in [4.78, 5) is 4.56. The van der Waals surface area contributed by atoms with E-state index >= 15 is 0 Å². The van der Waals surface area contributed by atoms with Crippen molar-refractivity contribution in [1.29, 1.82) is 0 Å². The lowest BCUT2D eigenvalue weighted by molar-refractivity contribution is 0.411. The van der Waals surface area contributed by atoms with Gasteiger partial charge in [0, 0.05) is 28.7 Å². The van der Waals surface area contributed by atoms with E-state index < -0.39 is 0 Å². The summed E-state index contributed by atoms with van der Waals surface area (Å²) in [6, 6.07) is 4.30. The molecule has 0 aliphatic heterocycles. The van der Waals surface area contributed by atoms with E-state index in [4.69, 9.17) is 0 Å². The molecule has 17 heavy (non-hydrogen) atoms. The number of hydrogen-bond donors (Lipinski definition) is 0. The molecule has 0 saturated carbocycles. The largest absolute Gasteiger partial charge is 0.342 e. The van der Waals surface area contributed by atoms with Crippen molar-refractivity contribution in [3.8, 4) is 0 Å². The third-order valence-corrected chi connectivity index (χ3v) is 3.05. The molecule has 0 bridgehead atoms. The van der Waals surface area contributed by atoms with E-state index in [1.165, 1.54) is 16.6 Å². The Morgan fingerprint density at radius 2 is 1.65 bits per heavy atom. The van der Waals surface area contributed by atoms with Gasteiger partial charge in [0.1, 0.15) is 0 Å². The predicted octanol–water partition coefficient (Wildman–Crippen LogP) is 4.09. The SMILES string of the molecule is CC(C)(C)c1nccc2c1ccn2C(C)(C)C. The summed E-state index contributed by atoms with van der Waals surface area (Å²) in [5.74, 6) is 0. The maximum atomic E-state index is 4.56. The molecule has 0 fully saturated rings. The van der Waals surface area contributed by atoms with Gasteiger partial charge in [-0.15, -0.1) is 0 Å². The molecular formula is C15H22N2. The van der Waals surface area contributed by atoms with Crippen LogP contribution in [0.5, 0.6) is 0 Å². The molecule has 0 aliphatic carbocycles. The fourth-order valence-electron chi connectivity index (χ4n) is 2.25. The molecule has 0 spiro atoms. The lowest BCUT2D eigenvalue weighted by atomic mass is 9.89. The molecule has 2 aromatic heterocycles. The molecule has 2 nitrogen and oxygen atoms in total. The van der Waals surface area contributed by atoms with Crippen molar-refractivity contribution in [2.75, 3.05) is 0 Å². The van der Waals surface area contributed by atoms with Crippen molar-refractivity contribution < 1.29 is 0 Å². The number of rotatable bonds is 0. The summed E-state index contributed by atoms with van der Waals surface area (Å²) in [6.07, 6.45) is 4.09. The molecular weight excluding hydrogens is 208 g/mol. The molecule has 0 unspecified atom stereocenters. The van der Waals surface area contributed by atoms with Gasteiger partial charge in [-0.3, -0.25) is 4.98 Å². The van der Waals surface area contributed by atoms with E-state index in [0.29, 0.717) is 0 Å². The molecule has 0 aliphatic rings. The zero-order valence-electron chi connectivity index (χ0n) is 11.7. The van der Waals surface area contributed by atoms with Crippen LogP contribution >= 0.6 is 0 Å². The predicted molar refractivity (Wildman–Crippen MR) is 73.4 cm³/mol. The number of hydrogen-bond acceptors (Lipinski definition) is 1. The Labute approximate surface area is 104 Å². The highest BCUT2D eigenvalue weighted by Gasteiger charge is 2.22. The number of fused-ring (bicyclic) bond motifs is 1. The van der Waals surface area contributed by atoms with Gasteiger partial charge >= 0.3 is 0 Å². The first kappa shape index (κ1) is 12.2. The first-order valence-corrected chi connectivity index (χ1v) is 6.18. The first-order valence-electron chi connectivity index (χ1n) is 6.18. The van der Waals surface area contributed by atoms with Crippen LogP contribution < -0.4 is 0 Å². The van der Waals surface area contributed by atoms with Crippen molar-refractivity contribution in [2.24, 2.45) is 0 Å². The van der Waals surface area contributed by atoms with Crippen LogP contribution in [0.4, 0.5) is 0 Å². The number of nitrogens with zero attached hydrogens (tertiary/aromatic N) is 2. The molecule has 0 amide bonds. The van der Waals surface area contributed by atoms with Crippen LogP contribution in [0.2, 0.25) is 0 Å². The van der Waals surface area contributed by atoms with Gasteiger partial charge in [0.25, 0.3) is 0 Å². The molecule has 2 heterocycles. The van der Waals surface area contributed by atoms with Crippen LogP contribution in [0.1, 0.15) is 47.2 Å². The summed E-state index contributed by atoms with van der Waals surface area (Å²) in [5, 5.41) is 1.27. The van der Waals surface area contributed by atoms with Crippen LogP contribution in [-0.4, -0.2) is 9.55 Å². The number of pyridine rings is 1. The van der Waals surface area contributed by atoms with E-state index in [1.54, 1.807) is 0 Å². The summed E-state index contributed by atoms with van der Waals surface area (Å²) < 4.78 is 2.32.